The lowest BCUT2D eigenvalue weighted by Gasteiger charge is -1.91. The second-order valence-corrected chi connectivity index (χ2v) is 2.43. The number of hydrogen-bond acceptors (Lipinski definition) is 2. The van der Waals surface area contributed by atoms with Crippen LogP contribution >= 0.6 is 12.2 Å². The summed E-state index contributed by atoms with van der Waals surface area (Å²) in [5.74, 6) is 0.674. The summed E-state index contributed by atoms with van der Waals surface area (Å²) in [6.07, 6.45) is 3.31. The molecule has 0 radical (unpaired) electrons. The van der Waals surface area contributed by atoms with Crippen LogP contribution < -0.4 is 0 Å². The van der Waals surface area contributed by atoms with Gasteiger partial charge in [-0.25, -0.2) is 0 Å². The van der Waals surface area contributed by atoms with Crippen molar-refractivity contribution in [3.05, 3.63) is 29.4 Å². The van der Waals surface area contributed by atoms with Crippen LogP contribution in [0.1, 0.15) is 11.5 Å². The Morgan fingerprint density at radius 2 is 2.09 bits per heavy atom. The second kappa shape index (κ2) is 2.88. The number of hydrogen-bond donors (Lipinski definition) is 0. The molecule has 1 heterocycles. The van der Waals surface area contributed by atoms with E-state index in [-0.39, 0.29) is 0 Å². The second-order valence-electron chi connectivity index (χ2n) is 2.08. The molecule has 3 heteroatoms. The maximum atomic E-state index is 5.17. The van der Waals surface area contributed by atoms with Crippen LogP contribution in [0.4, 0.5) is 0 Å². The van der Waals surface area contributed by atoms with E-state index < -0.39 is 0 Å². The third-order valence-corrected chi connectivity index (χ3v) is 1.82. The standard InChI is InChI=1S/C8H9NOS/c1-4-6-7(5-2)10-8(11)9(6)3/h4-5H,1-2H2,3H3. The van der Waals surface area contributed by atoms with Gasteiger partial charge in [-0.1, -0.05) is 13.2 Å². The number of aromatic nitrogens is 1. The van der Waals surface area contributed by atoms with Gasteiger partial charge in [-0.15, -0.1) is 0 Å². The summed E-state index contributed by atoms with van der Waals surface area (Å²) in [6, 6.07) is 0. The lowest BCUT2D eigenvalue weighted by molar-refractivity contribution is 0.515. The summed E-state index contributed by atoms with van der Waals surface area (Å²) in [7, 11) is 1.83. The fourth-order valence-electron chi connectivity index (χ4n) is 0.862. The molecular formula is C8H9NOS. The minimum atomic E-state index is 0.440. The molecule has 0 aliphatic carbocycles. The fraction of sp³-hybridized carbons (Fsp3) is 0.125. The smallest absolute Gasteiger partial charge is 0.269 e. The van der Waals surface area contributed by atoms with Gasteiger partial charge in [0, 0.05) is 7.05 Å². The Hall–Kier alpha value is -1.09. The van der Waals surface area contributed by atoms with Gasteiger partial charge in [0.25, 0.3) is 4.84 Å². The van der Waals surface area contributed by atoms with E-state index in [1.54, 1.807) is 16.7 Å². The zero-order valence-electron chi connectivity index (χ0n) is 6.33. The van der Waals surface area contributed by atoms with Crippen molar-refractivity contribution in [1.82, 2.24) is 4.57 Å². The van der Waals surface area contributed by atoms with Crippen molar-refractivity contribution in [2.24, 2.45) is 7.05 Å². The first-order chi connectivity index (χ1) is 5.20. The van der Waals surface area contributed by atoms with Gasteiger partial charge in [0.15, 0.2) is 5.76 Å². The highest BCUT2D eigenvalue weighted by molar-refractivity contribution is 7.71. The van der Waals surface area contributed by atoms with Gasteiger partial charge in [-0.2, -0.15) is 0 Å². The Balaban J connectivity index is 3.49. The van der Waals surface area contributed by atoms with Gasteiger partial charge >= 0.3 is 0 Å². The third kappa shape index (κ3) is 1.19. The van der Waals surface area contributed by atoms with Crippen molar-refractivity contribution in [3.63, 3.8) is 0 Å². The fourth-order valence-corrected chi connectivity index (χ4v) is 1.05. The van der Waals surface area contributed by atoms with Crippen LogP contribution in [0, 0.1) is 4.84 Å². The largest absolute Gasteiger partial charge is 0.429 e. The van der Waals surface area contributed by atoms with Crippen molar-refractivity contribution >= 4 is 24.4 Å². The lowest BCUT2D eigenvalue weighted by Crippen LogP contribution is -1.89. The van der Waals surface area contributed by atoms with Gasteiger partial charge in [-0.05, 0) is 24.4 Å². The molecule has 0 atom stereocenters. The summed E-state index contributed by atoms with van der Waals surface area (Å²) in [6.45, 7) is 7.23. The minimum Gasteiger partial charge on any atom is -0.429 e. The molecule has 0 N–H and O–H groups in total. The van der Waals surface area contributed by atoms with Crippen LogP contribution in [0.15, 0.2) is 17.6 Å². The average molecular weight is 167 g/mol. The van der Waals surface area contributed by atoms with Crippen molar-refractivity contribution in [2.45, 2.75) is 0 Å². The van der Waals surface area contributed by atoms with Gasteiger partial charge < -0.3 is 8.98 Å². The predicted octanol–water partition coefficient (Wildman–Crippen LogP) is 2.63. The molecule has 2 nitrogen and oxygen atoms in total. The monoisotopic (exact) mass is 167 g/mol. The molecule has 0 fully saturated rings. The quantitative estimate of drug-likeness (QED) is 0.630. The maximum Gasteiger partial charge on any atom is 0.269 e. The summed E-state index contributed by atoms with van der Waals surface area (Å²) in [4.78, 5) is 0.440. The van der Waals surface area contributed by atoms with Crippen LogP contribution in [0.2, 0.25) is 0 Å². The van der Waals surface area contributed by atoms with Gasteiger partial charge in [-0.3, -0.25) is 0 Å². The van der Waals surface area contributed by atoms with Crippen molar-refractivity contribution in [2.75, 3.05) is 0 Å². The Morgan fingerprint density at radius 3 is 2.45 bits per heavy atom. The molecule has 1 aromatic rings. The highest BCUT2D eigenvalue weighted by atomic mass is 32.1. The van der Waals surface area contributed by atoms with Gasteiger partial charge in [0.05, 0.1) is 5.69 Å². The van der Waals surface area contributed by atoms with E-state index in [4.69, 9.17) is 16.6 Å². The predicted molar refractivity (Wildman–Crippen MR) is 48.7 cm³/mol. The summed E-state index contributed by atoms with van der Waals surface area (Å²) < 4.78 is 6.92. The molecule has 0 bridgehead atoms. The van der Waals surface area contributed by atoms with E-state index in [9.17, 15) is 0 Å². The Labute approximate surface area is 70.5 Å². The van der Waals surface area contributed by atoms with Crippen molar-refractivity contribution < 1.29 is 4.42 Å². The molecule has 0 aromatic carbocycles. The molecule has 0 aliphatic heterocycles. The molecule has 0 saturated carbocycles. The topological polar surface area (TPSA) is 18.1 Å². The Kier molecular flexibility index (Phi) is 2.10. The van der Waals surface area contributed by atoms with Crippen LogP contribution in [-0.2, 0) is 7.05 Å². The minimum absolute atomic E-state index is 0.440. The third-order valence-electron chi connectivity index (χ3n) is 1.46. The first kappa shape index (κ1) is 8.01. The Morgan fingerprint density at radius 1 is 1.45 bits per heavy atom. The molecule has 0 saturated heterocycles. The molecule has 0 aliphatic rings. The molecule has 0 amide bonds. The van der Waals surface area contributed by atoms with Crippen molar-refractivity contribution in [3.8, 4) is 0 Å². The highest BCUT2D eigenvalue weighted by Gasteiger charge is 2.04. The van der Waals surface area contributed by atoms with E-state index in [2.05, 4.69) is 13.2 Å². The number of oxazole rings is 1. The lowest BCUT2D eigenvalue weighted by atomic mass is 10.3. The van der Waals surface area contributed by atoms with Crippen LogP contribution in [0.25, 0.3) is 12.2 Å². The summed E-state index contributed by atoms with van der Waals surface area (Å²) in [5, 5.41) is 0. The van der Waals surface area contributed by atoms with E-state index in [0.717, 1.165) is 5.69 Å². The molecule has 0 unspecified atom stereocenters. The van der Waals surface area contributed by atoms with Gasteiger partial charge in [0.2, 0.25) is 0 Å². The molecule has 1 rings (SSSR count). The summed E-state index contributed by atoms with van der Waals surface area (Å²) >= 11 is 4.89. The molecule has 11 heavy (non-hydrogen) atoms. The normalized spacial score (nSPS) is 9.55. The highest BCUT2D eigenvalue weighted by Crippen LogP contribution is 2.13. The maximum absolute atomic E-state index is 5.17. The van der Waals surface area contributed by atoms with Crippen molar-refractivity contribution in [1.29, 1.82) is 0 Å². The molecular weight excluding hydrogens is 158 g/mol. The first-order valence-electron chi connectivity index (χ1n) is 3.15. The van der Waals surface area contributed by atoms with E-state index in [1.807, 2.05) is 7.05 Å². The van der Waals surface area contributed by atoms with Crippen LogP contribution in [0.5, 0.6) is 0 Å². The average Bonchev–Trinajstić information content (AvgIpc) is 2.28. The first-order valence-corrected chi connectivity index (χ1v) is 3.56. The number of nitrogens with zero attached hydrogens (tertiary/aromatic N) is 1. The summed E-state index contributed by atoms with van der Waals surface area (Å²) in [5.41, 5.74) is 0.866. The molecule has 0 spiro atoms. The SMILES string of the molecule is C=Cc1oc(=S)n(C)c1C=C. The van der Waals surface area contributed by atoms with E-state index in [0.29, 0.717) is 10.6 Å². The van der Waals surface area contributed by atoms with Crippen LogP contribution in [0.3, 0.4) is 0 Å². The molecule has 1 aromatic heterocycles. The zero-order chi connectivity index (χ0) is 8.43. The van der Waals surface area contributed by atoms with E-state index in [1.165, 1.54) is 0 Å². The molecule has 58 valence electrons. The van der Waals surface area contributed by atoms with Crippen LogP contribution in [-0.4, -0.2) is 4.57 Å². The van der Waals surface area contributed by atoms with E-state index >= 15 is 0 Å². The zero-order valence-corrected chi connectivity index (χ0v) is 7.15. The van der Waals surface area contributed by atoms with Gasteiger partial charge in [0.1, 0.15) is 0 Å². The number of rotatable bonds is 2. The Bertz CT molecular complexity index is 345.